The zero-order chi connectivity index (χ0) is 18.8. The minimum absolute atomic E-state index is 0.0643. The first-order valence-electron chi connectivity index (χ1n) is 9.22. The summed E-state index contributed by atoms with van der Waals surface area (Å²) in [6.07, 6.45) is 7.44. The minimum atomic E-state index is 0.0643. The van der Waals surface area contributed by atoms with E-state index in [1.54, 1.807) is 18.6 Å². The summed E-state index contributed by atoms with van der Waals surface area (Å²) in [6, 6.07) is 12.0. The molecule has 1 aliphatic rings. The van der Waals surface area contributed by atoms with Crippen LogP contribution < -0.4 is 0 Å². The zero-order valence-electron chi connectivity index (χ0n) is 15.6. The highest BCUT2D eigenvalue weighted by Crippen LogP contribution is 2.30. The second kappa shape index (κ2) is 7.27. The van der Waals surface area contributed by atoms with Gasteiger partial charge in [-0.1, -0.05) is 12.1 Å². The Balaban J connectivity index is 1.64. The number of amides is 1. The van der Waals surface area contributed by atoms with E-state index < -0.39 is 0 Å². The Morgan fingerprint density at radius 2 is 1.93 bits per heavy atom. The van der Waals surface area contributed by atoms with Crippen LogP contribution in [0.4, 0.5) is 0 Å². The highest BCUT2D eigenvalue weighted by molar-refractivity contribution is 5.95. The molecule has 0 spiro atoms. The van der Waals surface area contributed by atoms with E-state index in [2.05, 4.69) is 15.0 Å². The van der Waals surface area contributed by atoms with Crippen LogP contribution in [-0.4, -0.2) is 31.8 Å². The Kier molecular flexibility index (Phi) is 4.67. The number of aromatic nitrogens is 3. The van der Waals surface area contributed by atoms with Crippen LogP contribution in [0.25, 0.3) is 11.3 Å². The third kappa shape index (κ3) is 3.87. The molecule has 2 aromatic heterocycles. The fourth-order valence-electron chi connectivity index (χ4n) is 3.21. The van der Waals surface area contributed by atoms with Crippen LogP contribution in [-0.2, 0) is 6.54 Å². The van der Waals surface area contributed by atoms with Crippen molar-refractivity contribution in [3.05, 3.63) is 77.5 Å². The normalized spacial score (nSPS) is 13.4. The first-order chi connectivity index (χ1) is 13.1. The van der Waals surface area contributed by atoms with Crippen molar-refractivity contribution in [2.75, 3.05) is 0 Å². The van der Waals surface area contributed by atoms with Crippen molar-refractivity contribution in [2.45, 2.75) is 39.3 Å². The average Bonchev–Trinajstić information content (AvgIpc) is 3.53. The Labute approximate surface area is 159 Å². The third-order valence-corrected chi connectivity index (χ3v) is 4.81. The fourth-order valence-corrected chi connectivity index (χ4v) is 3.21. The molecule has 0 radical (unpaired) electrons. The molecular formula is C22H22N4O. The van der Waals surface area contributed by atoms with Crippen molar-refractivity contribution in [2.24, 2.45) is 0 Å². The Morgan fingerprint density at radius 3 is 2.67 bits per heavy atom. The van der Waals surface area contributed by atoms with Crippen molar-refractivity contribution < 1.29 is 4.79 Å². The Bertz CT molecular complexity index is 967. The molecule has 1 aliphatic carbocycles. The summed E-state index contributed by atoms with van der Waals surface area (Å²) in [4.78, 5) is 28.3. The van der Waals surface area contributed by atoms with Crippen LogP contribution in [0.5, 0.6) is 0 Å². The van der Waals surface area contributed by atoms with Gasteiger partial charge in [-0.3, -0.25) is 14.8 Å². The van der Waals surface area contributed by atoms with E-state index in [9.17, 15) is 4.79 Å². The van der Waals surface area contributed by atoms with Gasteiger partial charge in [-0.05, 0) is 56.5 Å². The molecule has 0 bridgehead atoms. The zero-order valence-corrected chi connectivity index (χ0v) is 15.6. The van der Waals surface area contributed by atoms with E-state index >= 15 is 0 Å². The fraction of sp³-hybridized carbons (Fsp3) is 0.273. The number of hydrogen-bond acceptors (Lipinski definition) is 4. The summed E-state index contributed by atoms with van der Waals surface area (Å²) in [6.45, 7) is 4.48. The molecule has 1 amide bonds. The molecule has 136 valence electrons. The number of benzene rings is 1. The van der Waals surface area contributed by atoms with Gasteiger partial charge in [0.05, 0.1) is 17.1 Å². The van der Waals surface area contributed by atoms with E-state index in [0.29, 0.717) is 18.2 Å². The Morgan fingerprint density at radius 1 is 1.15 bits per heavy atom. The van der Waals surface area contributed by atoms with Gasteiger partial charge in [0.15, 0.2) is 0 Å². The van der Waals surface area contributed by atoms with Gasteiger partial charge in [-0.15, -0.1) is 0 Å². The lowest BCUT2D eigenvalue weighted by atomic mass is 10.0. The molecule has 5 heteroatoms. The second-order valence-electron chi connectivity index (χ2n) is 7.05. The number of pyridine rings is 1. The Hall–Kier alpha value is -3.08. The average molecular weight is 358 g/mol. The van der Waals surface area contributed by atoms with Gasteiger partial charge in [-0.2, -0.15) is 0 Å². The number of rotatable bonds is 5. The van der Waals surface area contributed by atoms with Crippen molar-refractivity contribution in [1.29, 1.82) is 0 Å². The quantitative estimate of drug-likeness (QED) is 0.693. The van der Waals surface area contributed by atoms with E-state index in [4.69, 9.17) is 0 Å². The van der Waals surface area contributed by atoms with E-state index in [0.717, 1.165) is 41.1 Å². The summed E-state index contributed by atoms with van der Waals surface area (Å²) < 4.78 is 0. The number of carbonyl (C=O) groups is 1. The summed E-state index contributed by atoms with van der Waals surface area (Å²) in [5.41, 5.74) is 5.27. The lowest BCUT2D eigenvalue weighted by Crippen LogP contribution is -2.32. The summed E-state index contributed by atoms with van der Waals surface area (Å²) >= 11 is 0. The van der Waals surface area contributed by atoms with E-state index in [1.807, 2.05) is 55.1 Å². The SMILES string of the molecule is Cc1cnc(C)c(-c2cccc(C(=O)N(Cc3ccncc3)C3CC3)c2)n1. The summed E-state index contributed by atoms with van der Waals surface area (Å²) in [5, 5.41) is 0. The van der Waals surface area contributed by atoms with Crippen molar-refractivity contribution in [1.82, 2.24) is 19.9 Å². The highest BCUT2D eigenvalue weighted by Gasteiger charge is 2.33. The summed E-state index contributed by atoms with van der Waals surface area (Å²) in [5.74, 6) is 0.0643. The first kappa shape index (κ1) is 17.3. The molecule has 27 heavy (non-hydrogen) atoms. The van der Waals surface area contributed by atoms with E-state index in [1.165, 1.54) is 0 Å². The van der Waals surface area contributed by atoms with Crippen LogP contribution in [0, 0.1) is 13.8 Å². The molecule has 0 atom stereocenters. The maximum atomic E-state index is 13.2. The van der Waals surface area contributed by atoms with Crippen LogP contribution >= 0.6 is 0 Å². The van der Waals surface area contributed by atoms with Gasteiger partial charge in [-0.25, -0.2) is 4.98 Å². The van der Waals surface area contributed by atoms with Gasteiger partial charge >= 0.3 is 0 Å². The number of hydrogen-bond donors (Lipinski definition) is 0. The standard InChI is InChI=1S/C22H22N4O/c1-15-13-24-16(2)21(25-15)18-4-3-5-19(12-18)22(27)26(20-6-7-20)14-17-8-10-23-11-9-17/h3-5,8-13,20H,6-7,14H2,1-2H3. The van der Waals surface area contributed by atoms with Crippen LogP contribution in [0.3, 0.4) is 0 Å². The van der Waals surface area contributed by atoms with Crippen LogP contribution in [0.15, 0.2) is 55.0 Å². The molecule has 0 saturated heterocycles. The van der Waals surface area contributed by atoms with Crippen molar-refractivity contribution >= 4 is 5.91 Å². The molecule has 0 aliphatic heterocycles. The predicted molar refractivity (Wildman–Crippen MR) is 104 cm³/mol. The number of aryl methyl sites for hydroxylation is 2. The highest BCUT2D eigenvalue weighted by atomic mass is 16.2. The lowest BCUT2D eigenvalue weighted by molar-refractivity contribution is 0.0730. The smallest absolute Gasteiger partial charge is 0.254 e. The van der Waals surface area contributed by atoms with Crippen LogP contribution in [0.2, 0.25) is 0 Å². The lowest BCUT2D eigenvalue weighted by Gasteiger charge is -2.23. The maximum absolute atomic E-state index is 13.2. The molecular weight excluding hydrogens is 336 g/mol. The monoisotopic (exact) mass is 358 g/mol. The second-order valence-corrected chi connectivity index (χ2v) is 7.05. The molecule has 2 heterocycles. The molecule has 1 aromatic carbocycles. The molecule has 3 aromatic rings. The molecule has 1 saturated carbocycles. The number of carbonyl (C=O) groups excluding carboxylic acids is 1. The van der Waals surface area contributed by atoms with Gasteiger partial charge in [0.1, 0.15) is 0 Å². The van der Waals surface area contributed by atoms with Crippen LogP contribution in [0.1, 0.15) is 40.2 Å². The molecule has 1 fully saturated rings. The first-order valence-corrected chi connectivity index (χ1v) is 9.22. The third-order valence-electron chi connectivity index (χ3n) is 4.81. The topological polar surface area (TPSA) is 59.0 Å². The predicted octanol–water partition coefficient (Wildman–Crippen LogP) is 3.96. The maximum Gasteiger partial charge on any atom is 0.254 e. The van der Waals surface area contributed by atoms with Gasteiger partial charge in [0.2, 0.25) is 0 Å². The van der Waals surface area contributed by atoms with Crippen molar-refractivity contribution in [3.63, 3.8) is 0 Å². The molecule has 0 unspecified atom stereocenters. The van der Waals surface area contributed by atoms with Gasteiger partial charge in [0, 0.05) is 42.3 Å². The molecule has 5 nitrogen and oxygen atoms in total. The largest absolute Gasteiger partial charge is 0.331 e. The minimum Gasteiger partial charge on any atom is -0.331 e. The molecule has 0 N–H and O–H groups in total. The summed E-state index contributed by atoms with van der Waals surface area (Å²) in [7, 11) is 0. The molecule has 4 rings (SSSR count). The van der Waals surface area contributed by atoms with Crippen molar-refractivity contribution in [3.8, 4) is 11.3 Å². The van der Waals surface area contributed by atoms with E-state index in [-0.39, 0.29) is 5.91 Å². The van der Waals surface area contributed by atoms with Gasteiger partial charge in [0.25, 0.3) is 5.91 Å². The van der Waals surface area contributed by atoms with Gasteiger partial charge < -0.3 is 4.90 Å². The number of nitrogens with zero attached hydrogens (tertiary/aromatic N) is 4.